The number of aromatic nitrogens is 2. The van der Waals surface area contributed by atoms with Gasteiger partial charge in [-0.1, -0.05) is 72.3 Å². The molecule has 0 radical (unpaired) electrons. The van der Waals surface area contributed by atoms with Gasteiger partial charge in [0, 0.05) is 5.56 Å². The molecule has 4 atom stereocenters. The fourth-order valence-electron chi connectivity index (χ4n) is 5.18. The maximum Gasteiger partial charge on any atom is 0.295 e. The number of fused-ring (bicyclic) bond motifs is 3. The van der Waals surface area contributed by atoms with Gasteiger partial charge in [-0.05, 0) is 45.7 Å². The van der Waals surface area contributed by atoms with Gasteiger partial charge in [0.2, 0.25) is 0 Å². The number of ether oxygens (including phenoxy) is 3. The number of aliphatic hydroxyl groups is 1. The van der Waals surface area contributed by atoms with E-state index < -0.39 is 6.10 Å². The average molecular weight is 499 g/mol. The van der Waals surface area contributed by atoms with Crippen LogP contribution in [0.15, 0.2) is 78.9 Å². The molecule has 0 bridgehead atoms. The van der Waals surface area contributed by atoms with Crippen molar-refractivity contribution in [3.8, 4) is 28.3 Å². The van der Waals surface area contributed by atoms with Crippen LogP contribution < -0.4 is 4.74 Å². The number of H-pyrrole nitrogens is 1. The van der Waals surface area contributed by atoms with Crippen molar-refractivity contribution in [3.63, 3.8) is 0 Å². The highest BCUT2D eigenvalue weighted by molar-refractivity contribution is 6.34. The van der Waals surface area contributed by atoms with Crippen LogP contribution in [0.2, 0.25) is 5.02 Å². The lowest BCUT2D eigenvalue weighted by Gasteiger charge is -2.15. The summed E-state index contributed by atoms with van der Waals surface area (Å²) in [6, 6.07) is 27.5. The molecule has 0 unspecified atom stereocenters. The first-order valence-electron chi connectivity index (χ1n) is 12.0. The summed E-state index contributed by atoms with van der Waals surface area (Å²) in [6.07, 6.45) is -1.59. The number of nitrogens with zero attached hydrogens (tertiary/aromatic N) is 1. The van der Waals surface area contributed by atoms with Crippen molar-refractivity contribution in [2.75, 3.05) is 13.2 Å². The maximum atomic E-state index is 9.95. The number of aromatic amines is 1. The number of benzene rings is 4. The minimum absolute atomic E-state index is 0.258. The summed E-state index contributed by atoms with van der Waals surface area (Å²) >= 11 is 6.67. The molecule has 6 nitrogen and oxygen atoms in total. The second-order valence-corrected chi connectivity index (χ2v) is 9.76. The van der Waals surface area contributed by atoms with Gasteiger partial charge < -0.3 is 24.3 Å². The first kappa shape index (κ1) is 21.8. The van der Waals surface area contributed by atoms with Crippen LogP contribution in [-0.4, -0.2) is 52.7 Å². The van der Waals surface area contributed by atoms with Gasteiger partial charge in [-0.3, -0.25) is 0 Å². The van der Waals surface area contributed by atoms with Gasteiger partial charge in [0.1, 0.15) is 18.3 Å². The van der Waals surface area contributed by atoms with Gasteiger partial charge in [-0.2, -0.15) is 4.98 Å². The van der Waals surface area contributed by atoms with Crippen LogP contribution in [0, 0.1) is 0 Å². The van der Waals surface area contributed by atoms with Gasteiger partial charge in [-0.15, -0.1) is 0 Å². The van der Waals surface area contributed by atoms with Crippen LogP contribution in [0.1, 0.15) is 0 Å². The van der Waals surface area contributed by atoms with Crippen molar-refractivity contribution in [3.05, 3.63) is 83.9 Å². The normalized spacial score (nSPS) is 23.4. The predicted octanol–water partition coefficient (Wildman–Crippen LogP) is 5.61. The zero-order chi connectivity index (χ0) is 24.2. The Kier molecular flexibility index (Phi) is 5.22. The fraction of sp³-hybridized carbons (Fsp3) is 0.207. The van der Waals surface area contributed by atoms with Gasteiger partial charge in [0.05, 0.1) is 29.3 Å². The van der Waals surface area contributed by atoms with E-state index in [-0.39, 0.29) is 24.9 Å². The minimum atomic E-state index is -0.617. The molecule has 1 aromatic heterocycles. The summed E-state index contributed by atoms with van der Waals surface area (Å²) < 4.78 is 17.3. The summed E-state index contributed by atoms with van der Waals surface area (Å²) in [7, 11) is 0. The van der Waals surface area contributed by atoms with E-state index in [1.165, 1.54) is 16.3 Å². The van der Waals surface area contributed by atoms with Crippen molar-refractivity contribution in [2.24, 2.45) is 0 Å². The van der Waals surface area contributed by atoms with Crippen LogP contribution in [0.25, 0.3) is 44.1 Å². The Morgan fingerprint density at radius 2 is 1.58 bits per heavy atom. The van der Waals surface area contributed by atoms with Crippen molar-refractivity contribution in [2.45, 2.75) is 24.4 Å². The van der Waals surface area contributed by atoms with E-state index in [4.69, 9.17) is 25.8 Å². The molecule has 7 heteroatoms. The Morgan fingerprint density at radius 3 is 2.44 bits per heavy atom. The number of rotatable bonds is 4. The van der Waals surface area contributed by atoms with Crippen LogP contribution in [0.5, 0.6) is 6.01 Å². The van der Waals surface area contributed by atoms with Gasteiger partial charge in [0.15, 0.2) is 6.10 Å². The number of hydrogen-bond acceptors (Lipinski definition) is 5. The van der Waals surface area contributed by atoms with E-state index >= 15 is 0 Å². The standard InChI is InChI=1S/C29H23ClN2O4/c30-22-13-24-23(31-29(32-24)36-26-15-35-27-25(33)14-34-28(26)27)12-21(22)18-8-5-17(6-9-18)20-10-7-16-3-1-2-4-19(16)11-20/h1-13,25-28,33H,14-15H2,(H,31,32)/t25-,26-,27-,28-/m1/s1. The monoisotopic (exact) mass is 498 g/mol. The van der Waals surface area contributed by atoms with E-state index in [9.17, 15) is 5.11 Å². The fourth-order valence-corrected chi connectivity index (χ4v) is 5.46. The Balaban J connectivity index is 1.15. The third kappa shape index (κ3) is 3.74. The molecular formula is C29H23ClN2O4. The van der Waals surface area contributed by atoms with E-state index in [1.807, 2.05) is 12.1 Å². The second-order valence-electron chi connectivity index (χ2n) is 9.35. The molecule has 0 aliphatic carbocycles. The molecule has 4 aromatic carbocycles. The molecular weight excluding hydrogens is 476 g/mol. The molecule has 3 heterocycles. The lowest BCUT2D eigenvalue weighted by atomic mass is 9.98. The zero-order valence-corrected chi connectivity index (χ0v) is 20.0. The van der Waals surface area contributed by atoms with Crippen molar-refractivity contribution in [1.82, 2.24) is 9.97 Å². The smallest absolute Gasteiger partial charge is 0.295 e. The summed E-state index contributed by atoms with van der Waals surface area (Å²) in [4.78, 5) is 7.81. The lowest BCUT2D eigenvalue weighted by molar-refractivity contribution is 0.00706. The Hall–Kier alpha value is -3.42. The number of aliphatic hydroxyl groups excluding tert-OH is 1. The molecule has 7 rings (SSSR count). The highest BCUT2D eigenvalue weighted by atomic mass is 35.5. The number of hydrogen-bond donors (Lipinski definition) is 2. The highest BCUT2D eigenvalue weighted by Gasteiger charge is 2.48. The zero-order valence-electron chi connectivity index (χ0n) is 19.2. The Bertz CT molecular complexity index is 1580. The third-order valence-electron chi connectivity index (χ3n) is 7.07. The molecule has 0 saturated carbocycles. The largest absolute Gasteiger partial charge is 0.456 e. The molecule has 2 fully saturated rings. The molecule has 180 valence electrons. The first-order valence-corrected chi connectivity index (χ1v) is 12.4. The molecule has 0 spiro atoms. The maximum absolute atomic E-state index is 9.95. The first-order chi connectivity index (χ1) is 17.6. The van der Waals surface area contributed by atoms with E-state index in [1.54, 1.807) is 0 Å². The Morgan fingerprint density at radius 1 is 0.833 bits per heavy atom. The van der Waals surface area contributed by atoms with E-state index in [2.05, 4.69) is 76.7 Å². The number of nitrogens with one attached hydrogen (secondary N) is 1. The summed E-state index contributed by atoms with van der Waals surface area (Å²) in [6.45, 7) is 0.604. The summed E-state index contributed by atoms with van der Waals surface area (Å²) in [5.41, 5.74) is 5.78. The molecule has 2 aliphatic heterocycles. The average Bonchev–Trinajstić information content (AvgIpc) is 3.60. The molecule has 2 aliphatic rings. The topological polar surface area (TPSA) is 76.6 Å². The van der Waals surface area contributed by atoms with Crippen LogP contribution in [0.3, 0.4) is 0 Å². The number of imidazole rings is 1. The van der Waals surface area contributed by atoms with E-state index in [0.717, 1.165) is 27.7 Å². The third-order valence-corrected chi connectivity index (χ3v) is 7.39. The van der Waals surface area contributed by atoms with Crippen LogP contribution >= 0.6 is 11.6 Å². The Labute approximate surface area is 212 Å². The second kappa shape index (κ2) is 8.61. The van der Waals surface area contributed by atoms with Crippen molar-refractivity contribution < 1.29 is 19.3 Å². The molecule has 2 saturated heterocycles. The highest BCUT2D eigenvalue weighted by Crippen LogP contribution is 2.35. The van der Waals surface area contributed by atoms with Crippen LogP contribution in [-0.2, 0) is 9.47 Å². The quantitative estimate of drug-likeness (QED) is 0.337. The SMILES string of the molecule is O[C@@H]1CO[C@H]2[C@@H]1OC[C@H]2Oc1nc2cc(-c3ccc(-c4ccc5ccccc5c4)cc3)c(Cl)cc2[nH]1. The van der Waals surface area contributed by atoms with E-state index in [0.29, 0.717) is 17.6 Å². The molecule has 36 heavy (non-hydrogen) atoms. The van der Waals surface area contributed by atoms with Crippen LogP contribution in [0.4, 0.5) is 0 Å². The molecule has 5 aromatic rings. The molecule has 2 N–H and O–H groups in total. The van der Waals surface area contributed by atoms with Crippen molar-refractivity contribution >= 4 is 33.4 Å². The van der Waals surface area contributed by atoms with Crippen molar-refractivity contribution in [1.29, 1.82) is 0 Å². The summed E-state index contributed by atoms with van der Waals surface area (Å²) in [5, 5.41) is 13.0. The van der Waals surface area contributed by atoms with Gasteiger partial charge >= 0.3 is 0 Å². The van der Waals surface area contributed by atoms with Gasteiger partial charge in [0.25, 0.3) is 6.01 Å². The molecule has 0 amide bonds. The predicted molar refractivity (Wildman–Crippen MR) is 139 cm³/mol. The lowest BCUT2D eigenvalue weighted by Crippen LogP contribution is -2.34. The van der Waals surface area contributed by atoms with Gasteiger partial charge in [-0.25, -0.2) is 0 Å². The summed E-state index contributed by atoms with van der Waals surface area (Å²) in [5.74, 6) is 0. The number of halogens is 1. The minimum Gasteiger partial charge on any atom is -0.456 e.